The SMILES string of the molecule is O=C(O)[C@@H]1CN(C(=O)C2COCCO2)C[C@H]1C(F)(F)F. The molecule has 2 aliphatic heterocycles. The van der Waals surface area contributed by atoms with Gasteiger partial charge in [-0.1, -0.05) is 0 Å². The van der Waals surface area contributed by atoms with E-state index < -0.39 is 49.1 Å². The van der Waals surface area contributed by atoms with Crippen molar-refractivity contribution in [3.05, 3.63) is 0 Å². The van der Waals surface area contributed by atoms with E-state index in [1.54, 1.807) is 0 Å². The van der Waals surface area contributed by atoms with Crippen molar-refractivity contribution in [3.63, 3.8) is 0 Å². The van der Waals surface area contributed by atoms with E-state index in [4.69, 9.17) is 14.6 Å². The minimum absolute atomic E-state index is 0.0241. The molecule has 2 fully saturated rings. The van der Waals surface area contributed by atoms with Crippen LogP contribution in [0.5, 0.6) is 0 Å². The Labute approximate surface area is 112 Å². The number of rotatable bonds is 2. The summed E-state index contributed by atoms with van der Waals surface area (Å²) in [5.74, 6) is -5.89. The Hall–Kier alpha value is -1.35. The molecular formula is C11H14F3NO5. The number of hydrogen-bond acceptors (Lipinski definition) is 4. The van der Waals surface area contributed by atoms with Crippen LogP contribution in [0.4, 0.5) is 13.2 Å². The van der Waals surface area contributed by atoms with Gasteiger partial charge in [0, 0.05) is 13.1 Å². The van der Waals surface area contributed by atoms with Gasteiger partial charge in [0.15, 0.2) is 6.10 Å². The summed E-state index contributed by atoms with van der Waals surface area (Å²) in [6.07, 6.45) is -5.60. The van der Waals surface area contributed by atoms with Gasteiger partial charge in [-0.25, -0.2) is 0 Å². The average Bonchev–Trinajstić information content (AvgIpc) is 2.84. The smallest absolute Gasteiger partial charge is 0.394 e. The maximum atomic E-state index is 12.8. The molecule has 3 atom stereocenters. The second-order valence-electron chi connectivity index (χ2n) is 4.77. The number of carbonyl (C=O) groups excluding carboxylic acids is 1. The molecule has 0 aromatic heterocycles. The van der Waals surface area contributed by atoms with Crippen LogP contribution < -0.4 is 0 Å². The number of aliphatic carboxylic acids is 1. The largest absolute Gasteiger partial charge is 0.481 e. The van der Waals surface area contributed by atoms with Gasteiger partial charge in [0.2, 0.25) is 0 Å². The Morgan fingerprint density at radius 1 is 1.20 bits per heavy atom. The molecule has 9 heteroatoms. The third-order valence-electron chi connectivity index (χ3n) is 3.46. The van der Waals surface area contributed by atoms with Crippen molar-refractivity contribution >= 4 is 11.9 Å². The molecule has 1 amide bonds. The highest BCUT2D eigenvalue weighted by molar-refractivity contribution is 5.83. The first-order chi connectivity index (χ1) is 9.30. The lowest BCUT2D eigenvalue weighted by Crippen LogP contribution is -2.45. The van der Waals surface area contributed by atoms with Crippen LogP contribution in [0.2, 0.25) is 0 Å². The summed E-state index contributed by atoms with van der Waals surface area (Å²) in [4.78, 5) is 23.8. The number of halogens is 3. The fourth-order valence-electron chi connectivity index (χ4n) is 2.40. The molecule has 2 heterocycles. The lowest BCUT2D eigenvalue weighted by Gasteiger charge is -2.26. The van der Waals surface area contributed by atoms with Gasteiger partial charge >= 0.3 is 12.1 Å². The Morgan fingerprint density at radius 3 is 2.35 bits per heavy atom. The summed E-state index contributed by atoms with van der Waals surface area (Å²) in [6, 6.07) is 0. The molecule has 114 valence electrons. The number of carboxylic acid groups (broad SMARTS) is 1. The third kappa shape index (κ3) is 3.04. The number of nitrogens with zero attached hydrogens (tertiary/aromatic N) is 1. The number of amides is 1. The van der Waals surface area contributed by atoms with E-state index in [-0.39, 0.29) is 13.2 Å². The van der Waals surface area contributed by atoms with Gasteiger partial charge in [0.05, 0.1) is 31.7 Å². The minimum Gasteiger partial charge on any atom is -0.481 e. The van der Waals surface area contributed by atoms with Crippen LogP contribution in [-0.2, 0) is 19.1 Å². The van der Waals surface area contributed by atoms with Crippen molar-refractivity contribution in [1.29, 1.82) is 0 Å². The molecule has 0 spiro atoms. The Bertz CT molecular complexity index is 394. The number of carbonyl (C=O) groups is 2. The van der Waals surface area contributed by atoms with E-state index in [2.05, 4.69) is 0 Å². The molecule has 2 aliphatic rings. The van der Waals surface area contributed by atoms with E-state index in [9.17, 15) is 22.8 Å². The second kappa shape index (κ2) is 5.57. The van der Waals surface area contributed by atoms with Gasteiger partial charge in [-0.05, 0) is 0 Å². The molecule has 0 saturated carbocycles. The Morgan fingerprint density at radius 2 is 1.90 bits per heavy atom. The molecule has 20 heavy (non-hydrogen) atoms. The number of likely N-dealkylation sites (tertiary alicyclic amines) is 1. The summed E-state index contributed by atoms with van der Waals surface area (Å²) >= 11 is 0. The number of carboxylic acids is 1. The minimum atomic E-state index is -4.65. The molecule has 6 nitrogen and oxygen atoms in total. The third-order valence-corrected chi connectivity index (χ3v) is 3.46. The van der Waals surface area contributed by atoms with E-state index in [1.807, 2.05) is 0 Å². The van der Waals surface area contributed by atoms with E-state index in [1.165, 1.54) is 0 Å². The highest BCUT2D eigenvalue weighted by Crippen LogP contribution is 2.38. The van der Waals surface area contributed by atoms with Gasteiger partial charge in [-0.2, -0.15) is 13.2 Å². The van der Waals surface area contributed by atoms with Crippen LogP contribution in [0, 0.1) is 11.8 Å². The fourth-order valence-corrected chi connectivity index (χ4v) is 2.40. The monoisotopic (exact) mass is 297 g/mol. The first kappa shape index (κ1) is 15.0. The highest BCUT2D eigenvalue weighted by Gasteiger charge is 2.54. The van der Waals surface area contributed by atoms with Crippen molar-refractivity contribution in [1.82, 2.24) is 4.90 Å². The summed E-state index contributed by atoms with van der Waals surface area (Å²) in [5.41, 5.74) is 0. The number of hydrogen-bond donors (Lipinski definition) is 1. The Kier molecular flexibility index (Phi) is 4.19. The zero-order valence-electron chi connectivity index (χ0n) is 10.4. The molecule has 1 unspecified atom stereocenters. The molecule has 0 bridgehead atoms. The van der Waals surface area contributed by atoms with Crippen LogP contribution in [0.3, 0.4) is 0 Å². The van der Waals surface area contributed by atoms with Crippen molar-refractivity contribution < 1.29 is 37.3 Å². The van der Waals surface area contributed by atoms with Gasteiger partial charge in [0.1, 0.15) is 0 Å². The molecule has 0 aromatic carbocycles. The zero-order valence-corrected chi connectivity index (χ0v) is 10.4. The zero-order chi connectivity index (χ0) is 14.9. The maximum Gasteiger partial charge on any atom is 0.394 e. The van der Waals surface area contributed by atoms with Gasteiger partial charge in [0.25, 0.3) is 5.91 Å². The predicted octanol–water partition coefficient (Wildman–Crippen LogP) is 0.123. The first-order valence-electron chi connectivity index (χ1n) is 6.08. The lowest BCUT2D eigenvalue weighted by atomic mass is 9.96. The summed E-state index contributed by atoms with van der Waals surface area (Å²) < 4.78 is 48.5. The van der Waals surface area contributed by atoms with Crippen LogP contribution in [-0.4, -0.2) is 67.1 Å². The maximum absolute atomic E-state index is 12.8. The van der Waals surface area contributed by atoms with E-state index >= 15 is 0 Å². The average molecular weight is 297 g/mol. The number of alkyl halides is 3. The molecule has 0 aromatic rings. The van der Waals surface area contributed by atoms with Crippen LogP contribution in [0.1, 0.15) is 0 Å². The van der Waals surface area contributed by atoms with Gasteiger partial charge in [-0.15, -0.1) is 0 Å². The van der Waals surface area contributed by atoms with E-state index in [0.717, 1.165) is 4.90 Å². The fraction of sp³-hybridized carbons (Fsp3) is 0.818. The molecular weight excluding hydrogens is 283 g/mol. The number of ether oxygens (including phenoxy) is 2. The quantitative estimate of drug-likeness (QED) is 0.783. The summed E-state index contributed by atoms with van der Waals surface area (Å²) in [6.45, 7) is -0.622. The van der Waals surface area contributed by atoms with Crippen molar-refractivity contribution in [2.75, 3.05) is 32.9 Å². The van der Waals surface area contributed by atoms with Crippen LogP contribution >= 0.6 is 0 Å². The standard InChI is InChI=1S/C11H14F3NO5/c12-11(13,14)7-4-15(3-6(7)10(17)18)9(16)8-5-19-1-2-20-8/h6-8H,1-5H2,(H,17,18)/t6-,7-,8?/m1/s1. The normalized spacial score (nSPS) is 31.4. The Balaban J connectivity index is 2.07. The molecule has 0 radical (unpaired) electrons. The van der Waals surface area contributed by atoms with Crippen LogP contribution in [0.15, 0.2) is 0 Å². The van der Waals surface area contributed by atoms with Gasteiger partial charge < -0.3 is 19.5 Å². The molecule has 2 saturated heterocycles. The second-order valence-corrected chi connectivity index (χ2v) is 4.77. The molecule has 1 N–H and O–H groups in total. The predicted molar refractivity (Wildman–Crippen MR) is 57.8 cm³/mol. The topological polar surface area (TPSA) is 76.1 Å². The van der Waals surface area contributed by atoms with Crippen LogP contribution in [0.25, 0.3) is 0 Å². The van der Waals surface area contributed by atoms with Gasteiger partial charge in [-0.3, -0.25) is 9.59 Å². The summed E-state index contributed by atoms with van der Waals surface area (Å²) in [5, 5.41) is 8.86. The lowest BCUT2D eigenvalue weighted by molar-refractivity contribution is -0.188. The highest BCUT2D eigenvalue weighted by atomic mass is 19.4. The first-order valence-corrected chi connectivity index (χ1v) is 6.08. The molecule has 0 aliphatic carbocycles. The van der Waals surface area contributed by atoms with Crippen molar-refractivity contribution in [2.45, 2.75) is 12.3 Å². The molecule has 2 rings (SSSR count). The van der Waals surface area contributed by atoms with E-state index in [0.29, 0.717) is 6.61 Å². The van der Waals surface area contributed by atoms with Crippen molar-refractivity contribution in [2.24, 2.45) is 11.8 Å². The summed E-state index contributed by atoms with van der Waals surface area (Å²) in [7, 11) is 0. The van der Waals surface area contributed by atoms with Crippen molar-refractivity contribution in [3.8, 4) is 0 Å².